The van der Waals surface area contributed by atoms with E-state index in [-0.39, 0.29) is 17.9 Å². The predicted octanol–water partition coefficient (Wildman–Crippen LogP) is 3.62. The molecule has 0 heterocycles. The van der Waals surface area contributed by atoms with E-state index in [1.807, 2.05) is 36.4 Å². The molecule has 0 radical (unpaired) electrons. The Hall–Kier alpha value is -3.21. The molecular formula is C19H18N2O3. The summed E-state index contributed by atoms with van der Waals surface area (Å²) in [5.74, 6) is -0.856. The van der Waals surface area contributed by atoms with Crippen molar-refractivity contribution in [3.8, 4) is 0 Å². The Morgan fingerprint density at radius 3 is 2.29 bits per heavy atom. The van der Waals surface area contributed by atoms with Crippen LogP contribution in [0.5, 0.6) is 0 Å². The van der Waals surface area contributed by atoms with Crippen LogP contribution in [0.1, 0.15) is 18.1 Å². The molecular weight excluding hydrogens is 304 g/mol. The van der Waals surface area contributed by atoms with Crippen LogP contribution in [0.25, 0.3) is 5.76 Å². The first-order chi connectivity index (χ1) is 11.7. The van der Waals surface area contributed by atoms with Crippen LogP contribution in [0.2, 0.25) is 0 Å². The molecule has 0 aliphatic heterocycles. The Morgan fingerprint density at radius 2 is 1.67 bits per heavy atom. The highest BCUT2D eigenvalue weighted by molar-refractivity contribution is 6.15. The molecule has 0 fully saturated rings. The third-order valence-corrected chi connectivity index (χ3v) is 3.06. The summed E-state index contributed by atoms with van der Waals surface area (Å²) < 4.78 is 4.96. The highest BCUT2D eigenvalue weighted by Crippen LogP contribution is 2.15. The van der Waals surface area contributed by atoms with Gasteiger partial charge in [0.25, 0.3) is 0 Å². The van der Waals surface area contributed by atoms with Gasteiger partial charge in [0, 0.05) is 5.56 Å². The fourth-order valence-corrected chi connectivity index (χ4v) is 1.90. The SMILES string of the molecule is CCOC(=O)C(/C=N/N=C\c1ccccc1)=C(/O)c1ccccc1. The van der Waals surface area contributed by atoms with E-state index in [1.54, 1.807) is 37.4 Å². The van der Waals surface area contributed by atoms with Gasteiger partial charge in [0.05, 0.1) is 19.0 Å². The van der Waals surface area contributed by atoms with Gasteiger partial charge < -0.3 is 9.84 Å². The Labute approximate surface area is 140 Å². The molecule has 0 amide bonds. The van der Waals surface area contributed by atoms with Gasteiger partial charge in [0.15, 0.2) is 0 Å². The lowest BCUT2D eigenvalue weighted by Crippen LogP contribution is -2.11. The molecule has 2 aromatic carbocycles. The molecule has 1 N–H and O–H groups in total. The number of hydrogen-bond donors (Lipinski definition) is 1. The second-order valence-corrected chi connectivity index (χ2v) is 4.75. The number of aliphatic hydroxyl groups excluding tert-OH is 1. The molecule has 122 valence electrons. The molecule has 0 saturated heterocycles. The van der Waals surface area contributed by atoms with Crippen LogP contribution in [0.15, 0.2) is 76.4 Å². The summed E-state index contributed by atoms with van der Waals surface area (Å²) in [4.78, 5) is 12.0. The second kappa shape index (κ2) is 9.05. The van der Waals surface area contributed by atoms with Gasteiger partial charge in [0.2, 0.25) is 0 Å². The second-order valence-electron chi connectivity index (χ2n) is 4.75. The maximum atomic E-state index is 12.0. The molecule has 0 unspecified atom stereocenters. The van der Waals surface area contributed by atoms with Crippen LogP contribution in [0, 0.1) is 0 Å². The number of rotatable bonds is 6. The summed E-state index contributed by atoms with van der Waals surface area (Å²) in [5.41, 5.74) is 1.33. The maximum absolute atomic E-state index is 12.0. The van der Waals surface area contributed by atoms with Crippen molar-refractivity contribution in [1.82, 2.24) is 0 Å². The lowest BCUT2D eigenvalue weighted by Gasteiger charge is -2.06. The monoisotopic (exact) mass is 322 g/mol. The van der Waals surface area contributed by atoms with Crippen molar-refractivity contribution in [2.45, 2.75) is 6.92 Å². The Kier molecular flexibility index (Phi) is 6.46. The van der Waals surface area contributed by atoms with E-state index >= 15 is 0 Å². The Bertz CT molecular complexity index is 751. The number of aliphatic hydroxyl groups is 1. The first-order valence-electron chi connectivity index (χ1n) is 7.49. The van der Waals surface area contributed by atoms with Crippen LogP contribution in [0.3, 0.4) is 0 Å². The van der Waals surface area contributed by atoms with E-state index in [0.29, 0.717) is 5.56 Å². The minimum atomic E-state index is -0.655. The fourth-order valence-electron chi connectivity index (χ4n) is 1.90. The summed E-state index contributed by atoms with van der Waals surface area (Å²) in [6.07, 6.45) is 2.75. The zero-order valence-electron chi connectivity index (χ0n) is 13.3. The van der Waals surface area contributed by atoms with Gasteiger partial charge in [-0.1, -0.05) is 60.7 Å². The maximum Gasteiger partial charge on any atom is 0.343 e. The number of benzene rings is 2. The summed E-state index contributed by atoms with van der Waals surface area (Å²) in [6.45, 7) is 1.89. The topological polar surface area (TPSA) is 71.2 Å². The first-order valence-corrected chi connectivity index (χ1v) is 7.49. The molecule has 5 nitrogen and oxygen atoms in total. The molecule has 0 aliphatic rings. The third-order valence-electron chi connectivity index (χ3n) is 3.06. The van der Waals surface area contributed by atoms with Gasteiger partial charge in [0.1, 0.15) is 11.3 Å². The van der Waals surface area contributed by atoms with Gasteiger partial charge in [-0.2, -0.15) is 10.2 Å². The summed E-state index contributed by atoms with van der Waals surface area (Å²) in [5, 5.41) is 18.1. The number of nitrogens with zero attached hydrogens (tertiary/aromatic N) is 2. The van der Waals surface area contributed by atoms with Crippen molar-refractivity contribution < 1.29 is 14.6 Å². The Morgan fingerprint density at radius 1 is 1.04 bits per heavy atom. The number of carbonyl (C=O) groups excluding carboxylic acids is 1. The predicted molar refractivity (Wildman–Crippen MR) is 95.2 cm³/mol. The van der Waals surface area contributed by atoms with Crippen molar-refractivity contribution in [1.29, 1.82) is 0 Å². The quantitative estimate of drug-likeness (QED) is 0.290. The van der Waals surface area contributed by atoms with E-state index in [9.17, 15) is 9.90 Å². The molecule has 0 aliphatic carbocycles. The van der Waals surface area contributed by atoms with Gasteiger partial charge in [-0.05, 0) is 12.5 Å². The minimum absolute atomic E-state index is 0.0479. The van der Waals surface area contributed by atoms with Crippen molar-refractivity contribution in [2.75, 3.05) is 6.61 Å². The van der Waals surface area contributed by atoms with Gasteiger partial charge >= 0.3 is 5.97 Å². The molecule has 0 saturated carbocycles. The lowest BCUT2D eigenvalue weighted by molar-refractivity contribution is -0.137. The largest absolute Gasteiger partial charge is 0.506 e. The molecule has 2 rings (SSSR count). The summed E-state index contributed by atoms with van der Waals surface area (Å²) in [7, 11) is 0. The van der Waals surface area contributed by atoms with Gasteiger partial charge in [-0.15, -0.1) is 0 Å². The average molecular weight is 322 g/mol. The third kappa shape index (κ3) is 4.91. The van der Waals surface area contributed by atoms with Crippen LogP contribution in [-0.4, -0.2) is 30.1 Å². The van der Waals surface area contributed by atoms with Gasteiger partial charge in [-0.25, -0.2) is 4.79 Å². The average Bonchev–Trinajstić information content (AvgIpc) is 2.63. The number of esters is 1. The van der Waals surface area contributed by atoms with Crippen molar-refractivity contribution in [2.24, 2.45) is 10.2 Å². The molecule has 0 atom stereocenters. The molecule has 0 aromatic heterocycles. The smallest absolute Gasteiger partial charge is 0.343 e. The fraction of sp³-hybridized carbons (Fsp3) is 0.105. The first kappa shape index (κ1) is 17.1. The standard InChI is InChI=1S/C19H18N2O3/c1-2-24-19(23)17(18(22)16-11-7-4-8-12-16)14-21-20-13-15-9-5-3-6-10-15/h3-14,22H,2H2,1H3/b18-17+,20-13-,21-14+. The summed E-state index contributed by atoms with van der Waals surface area (Å²) >= 11 is 0. The zero-order valence-corrected chi connectivity index (χ0v) is 13.3. The number of hydrogen-bond acceptors (Lipinski definition) is 5. The molecule has 2 aromatic rings. The van der Waals surface area contributed by atoms with E-state index in [4.69, 9.17) is 4.74 Å². The lowest BCUT2D eigenvalue weighted by atomic mass is 10.1. The van der Waals surface area contributed by atoms with Crippen molar-refractivity contribution in [3.05, 3.63) is 77.4 Å². The van der Waals surface area contributed by atoms with Crippen LogP contribution in [0.4, 0.5) is 0 Å². The summed E-state index contributed by atoms with van der Waals surface area (Å²) in [6, 6.07) is 18.2. The van der Waals surface area contributed by atoms with Crippen LogP contribution in [-0.2, 0) is 9.53 Å². The van der Waals surface area contributed by atoms with E-state index in [0.717, 1.165) is 5.56 Å². The molecule has 5 heteroatoms. The van der Waals surface area contributed by atoms with Crippen molar-refractivity contribution >= 4 is 24.2 Å². The van der Waals surface area contributed by atoms with E-state index in [2.05, 4.69) is 10.2 Å². The molecule has 0 bridgehead atoms. The number of ether oxygens (including phenoxy) is 1. The van der Waals surface area contributed by atoms with E-state index < -0.39 is 5.97 Å². The van der Waals surface area contributed by atoms with Gasteiger partial charge in [-0.3, -0.25) is 0 Å². The van der Waals surface area contributed by atoms with Crippen molar-refractivity contribution in [3.63, 3.8) is 0 Å². The minimum Gasteiger partial charge on any atom is -0.506 e. The van der Waals surface area contributed by atoms with Crippen LogP contribution < -0.4 is 0 Å². The normalized spacial score (nSPS) is 12.4. The highest BCUT2D eigenvalue weighted by atomic mass is 16.5. The van der Waals surface area contributed by atoms with E-state index in [1.165, 1.54) is 6.21 Å². The molecule has 24 heavy (non-hydrogen) atoms. The molecule has 0 spiro atoms. The highest BCUT2D eigenvalue weighted by Gasteiger charge is 2.16. The van der Waals surface area contributed by atoms with Crippen LogP contribution >= 0.6 is 0 Å². The Balaban J connectivity index is 2.25. The zero-order chi connectivity index (χ0) is 17.2. The number of carbonyl (C=O) groups is 1.